The molecule has 0 aromatic heterocycles. The summed E-state index contributed by atoms with van der Waals surface area (Å²) in [5, 5.41) is 0. The first kappa shape index (κ1) is 27.7. The molecule has 0 saturated carbocycles. The maximum atomic E-state index is 11.7. The second kappa shape index (κ2) is 18.7. The zero-order valence-corrected chi connectivity index (χ0v) is 19.9. The van der Waals surface area contributed by atoms with Gasteiger partial charge >= 0.3 is 29.0 Å². The average molecular weight is 409 g/mol. The number of carbonyl (C=O) groups excluding carboxylic acids is 2. The zero-order chi connectivity index (χ0) is 19.7. The zero-order valence-electron chi connectivity index (χ0n) is 20.5. The molecule has 1 aliphatic heterocycles. The second-order valence-corrected chi connectivity index (χ2v) is 8.14. The molecular weight excluding hydrogens is 365 g/mol. The van der Waals surface area contributed by atoms with Crippen molar-refractivity contribution in [2.45, 2.75) is 129 Å². The van der Waals surface area contributed by atoms with Crippen molar-refractivity contribution >= 4 is 35.5 Å². The van der Waals surface area contributed by atoms with Gasteiger partial charge in [-0.05, 0) is 19.3 Å². The van der Waals surface area contributed by atoms with Crippen LogP contribution < -0.4 is 0 Å². The summed E-state index contributed by atoms with van der Waals surface area (Å²) in [5.41, 5.74) is 0. The van der Waals surface area contributed by atoms with Gasteiger partial charge in [-0.2, -0.15) is 0 Å². The fourth-order valence-electron chi connectivity index (χ4n) is 3.97. The SMILES string of the molecule is CCCCCCCCCCCC(C[C@@H]1OC(=O)[C@H]1CCCCCC)OC=O.[H-].[H-].[Mg+2]. The number of hydrogen-bond donors (Lipinski definition) is 0. The molecular formula is C23H44MgO4. The normalized spacial score (nSPS) is 19.3. The van der Waals surface area contributed by atoms with Crippen molar-refractivity contribution in [1.82, 2.24) is 0 Å². The van der Waals surface area contributed by atoms with Crippen LogP contribution in [0.1, 0.15) is 119 Å². The number of hydrogen-bond acceptors (Lipinski definition) is 4. The van der Waals surface area contributed by atoms with Gasteiger partial charge in [0.2, 0.25) is 0 Å². The molecule has 1 unspecified atom stereocenters. The Kier molecular flexibility index (Phi) is 18.5. The quantitative estimate of drug-likeness (QED) is 0.110. The minimum absolute atomic E-state index is 0. The van der Waals surface area contributed by atoms with Gasteiger partial charge < -0.3 is 12.3 Å². The van der Waals surface area contributed by atoms with Gasteiger partial charge in [0.1, 0.15) is 12.2 Å². The number of ether oxygens (including phenoxy) is 2. The Morgan fingerprint density at radius 3 is 2.00 bits per heavy atom. The number of cyclic esters (lactones) is 1. The van der Waals surface area contributed by atoms with Gasteiger partial charge in [0.25, 0.3) is 6.47 Å². The van der Waals surface area contributed by atoms with Crippen molar-refractivity contribution in [1.29, 1.82) is 0 Å². The van der Waals surface area contributed by atoms with E-state index in [0.29, 0.717) is 12.9 Å². The monoisotopic (exact) mass is 408 g/mol. The Morgan fingerprint density at radius 1 is 0.929 bits per heavy atom. The van der Waals surface area contributed by atoms with Gasteiger partial charge in [-0.3, -0.25) is 9.59 Å². The number of esters is 1. The van der Waals surface area contributed by atoms with Crippen molar-refractivity contribution in [2.24, 2.45) is 5.92 Å². The fraction of sp³-hybridized carbons (Fsp3) is 0.913. The van der Waals surface area contributed by atoms with Crippen LogP contribution in [-0.4, -0.2) is 47.7 Å². The predicted molar refractivity (Wildman–Crippen MR) is 118 cm³/mol. The van der Waals surface area contributed by atoms with E-state index in [4.69, 9.17) is 9.47 Å². The summed E-state index contributed by atoms with van der Waals surface area (Å²) in [5.74, 6) is -0.0489. The molecule has 0 aromatic carbocycles. The molecule has 28 heavy (non-hydrogen) atoms. The predicted octanol–water partition coefficient (Wildman–Crippen LogP) is 6.20. The molecule has 0 N–H and O–H groups in total. The minimum atomic E-state index is -0.108. The molecule has 1 fully saturated rings. The number of rotatable bonds is 19. The van der Waals surface area contributed by atoms with E-state index in [1.807, 2.05) is 0 Å². The Bertz CT molecular complexity index is 399. The average Bonchev–Trinajstić information content (AvgIpc) is 2.66. The third kappa shape index (κ3) is 12.3. The van der Waals surface area contributed by atoms with E-state index in [0.717, 1.165) is 25.7 Å². The summed E-state index contributed by atoms with van der Waals surface area (Å²) in [6, 6.07) is 0. The molecule has 1 aliphatic rings. The van der Waals surface area contributed by atoms with Crippen LogP contribution in [0.5, 0.6) is 0 Å². The molecule has 0 aliphatic carbocycles. The van der Waals surface area contributed by atoms with Crippen LogP contribution in [0.25, 0.3) is 0 Å². The molecule has 1 heterocycles. The number of unbranched alkanes of at least 4 members (excludes halogenated alkanes) is 11. The van der Waals surface area contributed by atoms with Gasteiger partial charge in [0.05, 0.1) is 5.92 Å². The van der Waals surface area contributed by atoms with Crippen LogP contribution in [0, 0.1) is 5.92 Å². The molecule has 0 spiro atoms. The van der Waals surface area contributed by atoms with E-state index in [2.05, 4.69) is 13.8 Å². The Balaban J connectivity index is -0.00000243. The van der Waals surface area contributed by atoms with Gasteiger partial charge in [-0.25, -0.2) is 0 Å². The van der Waals surface area contributed by atoms with Crippen molar-refractivity contribution < 1.29 is 21.9 Å². The third-order valence-electron chi connectivity index (χ3n) is 5.76. The van der Waals surface area contributed by atoms with E-state index in [1.54, 1.807) is 0 Å². The third-order valence-corrected chi connectivity index (χ3v) is 5.76. The smallest absolute Gasteiger partial charge is 1.00 e. The summed E-state index contributed by atoms with van der Waals surface area (Å²) >= 11 is 0. The van der Waals surface area contributed by atoms with Crippen molar-refractivity contribution in [3.8, 4) is 0 Å². The maximum absolute atomic E-state index is 11.7. The summed E-state index contributed by atoms with van der Waals surface area (Å²) < 4.78 is 10.6. The van der Waals surface area contributed by atoms with Crippen molar-refractivity contribution in [3.05, 3.63) is 0 Å². The first-order chi connectivity index (χ1) is 13.2. The molecule has 0 bridgehead atoms. The van der Waals surface area contributed by atoms with Gasteiger partial charge in [-0.1, -0.05) is 90.9 Å². The Morgan fingerprint density at radius 2 is 1.46 bits per heavy atom. The molecule has 5 heteroatoms. The molecule has 1 saturated heterocycles. The van der Waals surface area contributed by atoms with Gasteiger partial charge in [0, 0.05) is 6.42 Å². The van der Waals surface area contributed by atoms with Crippen LogP contribution in [0.4, 0.5) is 0 Å². The molecule has 0 radical (unpaired) electrons. The van der Waals surface area contributed by atoms with E-state index < -0.39 is 0 Å². The largest absolute Gasteiger partial charge is 2.00 e. The molecule has 1 rings (SSSR count). The molecule has 162 valence electrons. The fourth-order valence-corrected chi connectivity index (χ4v) is 3.97. The summed E-state index contributed by atoms with van der Waals surface area (Å²) in [6.07, 6.45) is 18.6. The minimum Gasteiger partial charge on any atom is -1.00 e. The van der Waals surface area contributed by atoms with Gasteiger partial charge in [-0.15, -0.1) is 0 Å². The second-order valence-electron chi connectivity index (χ2n) is 8.14. The first-order valence-electron chi connectivity index (χ1n) is 11.5. The number of carbonyl (C=O) groups is 2. The van der Waals surface area contributed by atoms with E-state index in [-0.39, 0.29) is 50.0 Å². The van der Waals surface area contributed by atoms with E-state index in [9.17, 15) is 9.59 Å². The molecule has 3 atom stereocenters. The Hall–Kier alpha value is -0.294. The summed E-state index contributed by atoms with van der Waals surface area (Å²) in [4.78, 5) is 22.6. The van der Waals surface area contributed by atoms with Crippen LogP contribution in [0.3, 0.4) is 0 Å². The van der Waals surface area contributed by atoms with E-state index in [1.165, 1.54) is 70.6 Å². The summed E-state index contributed by atoms with van der Waals surface area (Å²) in [7, 11) is 0. The van der Waals surface area contributed by atoms with E-state index >= 15 is 0 Å². The van der Waals surface area contributed by atoms with Crippen LogP contribution in [0.2, 0.25) is 0 Å². The van der Waals surface area contributed by atoms with Crippen LogP contribution in [0.15, 0.2) is 0 Å². The first-order valence-corrected chi connectivity index (χ1v) is 11.5. The van der Waals surface area contributed by atoms with Gasteiger partial charge in [0.15, 0.2) is 0 Å². The summed E-state index contributed by atoms with van der Waals surface area (Å²) in [6.45, 7) is 4.99. The van der Waals surface area contributed by atoms with Crippen molar-refractivity contribution in [3.63, 3.8) is 0 Å². The van der Waals surface area contributed by atoms with Crippen LogP contribution >= 0.6 is 0 Å². The molecule has 4 nitrogen and oxygen atoms in total. The van der Waals surface area contributed by atoms with Crippen molar-refractivity contribution in [2.75, 3.05) is 0 Å². The molecule has 0 aromatic rings. The topological polar surface area (TPSA) is 52.6 Å². The Labute approximate surface area is 192 Å². The standard InChI is InChI=1S/C23H42O4.Mg.2H/c1-3-5-7-9-10-11-12-13-14-16-20(26-19-24)18-22-21(23(25)27-22)17-15-8-6-4-2;;;/h19-22H,3-18H2,1-2H3;;;/q;+2;2*-1/t20?,21-,22-;;;/m0.../s1. The molecule has 0 amide bonds. The maximum Gasteiger partial charge on any atom is 2.00 e. The van der Waals surface area contributed by atoms with Crippen LogP contribution in [-0.2, 0) is 19.1 Å².